The van der Waals surface area contributed by atoms with Crippen molar-refractivity contribution in [1.82, 2.24) is 15.1 Å². The average Bonchev–Trinajstić information content (AvgIpc) is 3.14. The maximum Gasteiger partial charge on any atom is 0.410 e. The Balaban J connectivity index is 1.35. The van der Waals surface area contributed by atoms with Gasteiger partial charge in [-0.15, -0.1) is 0 Å². The van der Waals surface area contributed by atoms with Gasteiger partial charge in [-0.1, -0.05) is 29.8 Å². The smallest absolute Gasteiger partial charge is 0.410 e. The Hall–Kier alpha value is -2.08. The molecule has 1 atom stereocenters. The molecular weight excluding hydrogens is 378 g/mol. The number of piperidine rings is 1. The number of rotatable bonds is 5. The van der Waals surface area contributed by atoms with Crippen LogP contribution in [0.25, 0.3) is 0 Å². The lowest BCUT2D eigenvalue weighted by atomic mass is 9.96. The molecule has 2 amide bonds. The molecule has 0 spiro atoms. The molecule has 166 valence electrons. The van der Waals surface area contributed by atoms with Gasteiger partial charge in [0.2, 0.25) is 5.91 Å². The summed E-state index contributed by atoms with van der Waals surface area (Å²) >= 11 is 0. The van der Waals surface area contributed by atoms with Gasteiger partial charge in [0.05, 0.1) is 0 Å². The second-order valence-electron chi connectivity index (χ2n) is 9.86. The van der Waals surface area contributed by atoms with Crippen LogP contribution in [0.5, 0.6) is 0 Å². The highest BCUT2D eigenvalue weighted by atomic mass is 16.6. The third kappa shape index (κ3) is 6.73. The van der Waals surface area contributed by atoms with Crippen LogP contribution >= 0.6 is 0 Å². The van der Waals surface area contributed by atoms with Crippen LogP contribution in [0.2, 0.25) is 0 Å². The topological polar surface area (TPSA) is 61.9 Å². The summed E-state index contributed by atoms with van der Waals surface area (Å²) in [4.78, 5) is 29.0. The number of nitrogens with one attached hydrogen (secondary N) is 1. The highest BCUT2D eigenvalue weighted by Gasteiger charge is 2.30. The summed E-state index contributed by atoms with van der Waals surface area (Å²) in [6.45, 7) is 12.7. The van der Waals surface area contributed by atoms with Crippen LogP contribution in [0.15, 0.2) is 24.3 Å². The van der Waals surface area contributed by atoms with Gasteiger partial charge in [0.15, 0.2) is 0 Å². The predicted molar refractivity (Wildman–Crippen MR) is 118 cm³/mol. The zero-order valence-corrected chi connectivity index (χ0v) is 18.9. The fraction of sp³-hybridized carbons (Fsp3) is 0.667. The minimum Gasteiger partial charge on any atom is -0.444 e. The first kappa shape index (κ1) is 22.6. The van der Waals surface area contributed by atoms with Crippen molar-refractivity contribution in [3.8, 4) is 0 Å². The van der Waals surface area contributed by atoms with Crippen LogP contribution in [0, 0.1) is 18.8 Å². The maximum absolute atomic E-state index is 12.6. The Bertz CT molecular complexity index is 718. The SMILES string of the molecule is Cc1ccc(CN2CC[C@@H](CNC(=O)C3CCN(C(=O)OC(C)(C)C)CC3)C2)cc1. The highest BCUT2D eigenvalue weighted by molar-refractivity contribution is 5.79. The van der Waals surface area contributed by atoms with Crippen molar-refractivity contribution >= 4 is 12.0 Å². The monoisotopic (exact) mass is 415 g/mol. The van der Waals surface area contributed by atoms with Crippen molar-refractivity contribution in [2.24, 2.45) is 11.8 Å². The lowest BCUT2D eigenvalue weighted by Crippen LogP contribution is -2.45. The maximum atomic E-state index is 12.6. The summed E-state index contributed by atoms with van der Waals surface area (Å²) in [6.07, 6.45) is 2.26. The van der Waals surface area contributed by atoms with Gasteiger partial charge < -0.3 is 15.0 Å². The van der Waals surface area contributed by atoms with Gasteiger partial charge in [-0.25, -0.2) is 4.79 Å². The molecule has 2 fully saturated rings. The number of ether oxygens (including phenoxy) is 1. The van der Waals surface area contributed by atoms with E-state index in [2.05, 4.69) is 41.4 Å². The molecule has 0 saturated carbocycles. The van der Waals surface area contributed by atoms with Gasteiger partial charge >= 0.3 is 6.09 Å². The van der Waals surface area contributed by atoms with E-state index in [1.54, 1.807) is 4.90 Å². The van der Waals surface area contributed by atoms with Crippen molar-refractivity contribution in [2.45, 2.75) is 59.1 Å². The number of hydrogen-bond donors (Lipinski definition) is 1. The van der Waals surface area contributed by atoms with Gasteiger partial charge in [-0.3, -0.25) is 9.69 Å². The molecule has 0 aliphatic carbocycles. The van der Waals surface area contributed by atoms with Crippen molar-refractivity contribution in [1.29, 1.82) is 0 Å². The summed E-state index contributed by atoms with van der Waals surface area (Å²) in [7, 11) is 0. The molecule has 2 aliphatic heterocycles. The van der Waals surface area contributed by atoms with Crippen LogP contribution in [0.3, 0.4) is 0 Å². The van der Waals surface area contributed by atoms with Crippen LogP contribution in [0.4, 0.5) is 4.79 Å². The molecule has 0 unspecified atom stereocenters. The lowest BCUT2D eigenvalue weighted by Gasteiger charge is -2.33. The Morgan fingerprint density at radius 1 is 1.07 bits per heavy atom. The number of carbonyl (C=O) groups excluding carboxylic acids is 2. The van der Waals surface area contributed by atoms with Crippen molar-refractivity contribution in [2.75, 3.05) is 32.7 Å². The van der Waals surface area contributed by atoms with Crippen molar-refractivity contribution in [3.63, 3.8) is 0 Å². The molecule has 1 aromatic carbocycles. The summed E-state index contributed by atoms with van der Waals surface area (Å²) in [5, 5.41) is 3.17. The van der Waals surface area contributed by atoms with E-state index in [0.29, 0.717) is 31.8 Å². The first-order valence-electron chi connectivity index (χ1n) is 11.2. The lowest BCUT2D eigenvalue weighted by molar-refractivity contribution is -0.126. The number of likely N-dealkylation sites (tertiary alicyclic amines) is 2. The molecule has 2 heterocycles. The predicted octanol–water partition coefficient (Wildman–Crippen LogP) is 3.58. The van der Waals surface area contributed by atoms with E-state index in [4.69, 9.17) is 4.74 Å². The summed E-state index contributed by atoms with van der Waals surface area (Å²) < 4.78 is 5.43. The summed E-state index contributed by atoms with van der Waals surface area (Å²) in [6, 6.07) is 8.73. The van der Waals surface area contributed by atoms with E-state index in [1.165, 1.54) is 11.1 Å². The van der Waals surface area contributed by atoms with E-state index < -0.39 is 5.60 Å². The van der Waals surface area contributed by atoms with Gasteiger partial charge in [-0.05, 0) is 65.0 Å². The van der Waals surface area contributed by atoms with E-state index in [-0.39, 0.29) is 17.9 Å². The van der Waals surface area contributed by atoms with Gasteiger partial charge in [-0.2, -0.15) is 0 Å². The van der Waals surface area contributed by atoms with Crippen LogP contribution in [0.1, 0.15) is 51.2 Å². The highest BCUT2D eigenvalue weighted by Crippen LogP contribution is 2.21. The fourth-order valence-corrected chi connectivity index (χ4v) is 4.21. The largest absolute Gasteiger partial charge is 0.444 e. The Kier molecular flexibility index (Phi) is 7.40. The van der Waals surface area contributed by atoms with Crippen molar-refractivity contribution in [3.05, 3.63) is 35.4 Å². The molecule has 3 rings (SSSR count). The summed E-state index contributed by atoms with van der Waals surface area (Å²) in [5.41, 5.74) is 2.15. The standard InChI is InChI=1S/C24H37N3O3/c1-18-5-7-19(8-6-18)16-26-12-9-20(17-26)15-25-22(28)21-10-13-27(14-11-21)23(29)30-24(2,3)4/h5-8,20-21H,9-17H2,1-4H3,(H,25,28)/t20-/m0/s1. The first-order chi connectivity index (χ1) is 14.2. The number of benzene rings is 1. The second-order valence-corrected chi connectivity index (χ2v) is 9.86. The Labute approximate surface area is 180 Å². The Morgan fingerprint density at radius 2 is 1.73 bits per heavy atom. The molecule has 6 nitrogen and oxygen atoms in total. The quantitative estimate of drug-likeness (QED) is 0.798. The molecule has 1 N–H and O–H groups in total. The first-order valence-corrected chi connectivity index (χ1v) is 11.2. The van der Waals surface area contributed by atoms with Crippen LogP contribution < -0.4 is 5.32 Å². The molecule has 2 aliphatic rings. The minimum atomic E-state index is -0.486. The molecule has 0 aromatic heterocycles. The molecule has 2 saturated heterocycles. The molecule has 30 heavy (non-hydrogen) atoms. The number of amides is 2. The minimum absolute atomic E-state index is 0.00579. The number of nitrogens with zero attached hydrogens (tertiary/aromatic N) is 2. The second kappa shape index (κ2) is 9.82. The van der Waals surface area contributed by atoms with Gasteiger partial charge in [0.25, 0.3) is 0 Å². The molecule has 0 bridgehead atoms. The number of aryl methyl sites for hydroxylation is 1. The molecule has 1 aromatic rings. The Morgan fingerprint density at radius 3 is 2.37 bits per heavy atom. The van der Waals surface area contributed by atoms with Crippen LogP contribution in [-0.2, 0) is 16.1 Å². The molecule has 6 heteroatoms. The normalized spacial score (nSPS) is 20.9. The van der Waals surface area contributed by atoms with Crippen molar-refractivity contribution < 1.29 is 14.3 Å². The van der Waals surface area contributed by atoms with Crippen LogP contribution in [-0.4, -0.2) is 60.1 Å². The fourth-order valence-electron chi connectivity index (χ4n) is 4.21. The third-order valence-electron chi connectivity index (χ3n) is 5.98. The zero-order chi connectivity index (χ0) is 21.7. The number of carbonyl (C=O) groups is 2. The van der Waals surface area contributed by atoms with Gasteiger partial charge in [0, 0.05) is 38.6 Å². The third-order valence-corrected chi connectivity index (χ3v) is 5.98. The van der Waals surface area contributed by atoms with E-state index >= 15 is 0 Å². The van der Waals surface area contributed by atoms with E-state index in [0.717, 1.165) is 32.6 Å². The zero-order valence-electron chi connectivity index (χ0n) is 18.9. The van der Waals surface area contributed by atoms with E-state index in [1.807, 2.05) is 20.8 Å². The summed E-state index contributed by atoms with van der Waals surface area (Å²) in [5.74, 6) is 0.644. The molecular formula is C24H37N3O3. The van der Waals surface area contributed by atoms with Gasteiger partial charge in [0.1, 0.15) is 5.60 Å². The molecule has 0 radical (unpaired) electrons. The number of hydrogen-bond acceptors (Lipinski definition) is 4. The van der Waals surface area contributed by atoms with E-state index in [9.17, 15) is 9.59 Å². The average molecular weight is 416 g/mol.